The topological polar surface area (TPSA) is 57.7 Å². The van der Waals surface area contributed by atoms with E-state index in [1.807, 2.05) is 0 Å². The fourth-order valence-electron chi connectivity index (χ4n) is 0.854. The van der Waals surface area contributed by atoms with Crippen LogP contribution in [0.2, 0.25) is 0 Å². The molecule has 0 bridgehead atoms. The van der Waals surface area contributed by atoms with Gasteiger partial charge in [0.1, 0.15) is 5.75 Å². The summed E-state index contributed by atoms with van der Waals surface area (Å²) in [4.78, 5) is 14.9. The van der Waals surface area contributed by atoms with Gasteiger partial charge in [-0.3, -0.25) is 4.98 Å². The molecule has 0 saturated carbocycles. The molecule has 14 heavy (non-hydrogen) atoms. The summed E-state index contributed by atoms with van der Waals surface area (Å²) in [5.74, 6) is 0.0233. The number of esters is 1. The monoisotopic (exact) mass is 197 g/mol. The Balaban J connectivity index is 2.73. The Morgan fingerprint density at radius 3 is 2.86 bits per heavy atom. The zero-order valence-corrected chi connectivity index (χ0v) is 8.02. The zero-order valence-electron chi connectivity index (χ0n) is 8.02. The summed E-state index contributed by atoms with van der Waals surface area (Å²) in [6.07, 6.45) is 2.90. The van der Waals surface area contributed by atoms with Crippen molar-refractivity contribution in [3.8, 4) is 5.75 Å². The third-order valence-corrected chi connectivity index (χ3v) is 1.48. The number of aromatic nitrogens is 1. The average molecular weight is 197 g/mol. The summed E-state index contributed by atoms with van der Waals surface area (Å²) < 4.78 is 14.3. The highest BCUT2D eigenvalue weighted by Gasteiger charge is 2.06. The number of rotatable bonds is 4. The van der Waals surface area contributed by atoms with E-state index in [9.17, 15) is 4.79 Å². The Hall–Kier alpha value is -1.62. The van der Waals surface area contributed by atoms with Gasteiger partial charge < -0.3 is 14.2 Å². The van der Waals surface area contributed by atoms with E-state index in [-0.39, 0.29) is 6.79 Å². The quantitative estimate of drug-likeness (QED) is 0.529. The first kappa shape index (κ1) is 10.5. The SMILES string of the molecule is COCOc1cncc(C(=O)OC)c1. The van der Waals surface area contributed by atoms with Gasteiger partial charge in [-0.2, -0.15) is 0 Å². The van der Waals surface area contributed by atoms with Crippen LogP contribution in [0.15, 0.2) is 18.5 Å². The van der Waals surface area contributed by atoms with Gasteiger partial charge in [0.2, 0.25) is 0 Å². The zero-order chi connectivity index (χ0) is 10.4. The van der Waals surface area contributed by atoms with Gasteiger partial charge in [-0.15, -0.1) is 0 Å². The number of hydrogen-bond acceptors (Lipinski definition) is 5. The fraction of sp³-hybridized carbons (Fsp3) is 0.333. The van der Waals surface area contributed by atoms with Crippen LogP contribution in [0.3, 0.4) is 0 Å². The molecule has 5 heteroatoms. The highest BCUT2D eigenvalue weighted by Crippen LogP contribution is 2.11. The highest BCUT2D eigenvalue weighted by atomic mass is 16.7. The molecule has 0 fully saturated rings. The first-order valence-corrected chi connectivity index (χ1v) is 3.93. The molecular weight excluding hydrogens is 186 g/mol. The van der Waals surface area contributed by atoms with Crippen LogP contribution in [0, 0.1) is 0 Å². The Morgan fingerprint density at radius 2 is 2.21 bits per heavy atom. The van der Waals surface area contributed by atoms with Gasteiger partial charge in [0.05, 0.1) is 18.9 Å². The lowest BCUT2D eigenvalue weighted by Gasteiger charge is -2.04. The van der Waals surface area contributed by atoms with Crippen LogP contribution in [-0.2, 0) is 9.47 Å². The Morgan fingerprint density at radius 1 is 1.43 bits per heavy atom. The Labute approximate surface area is 81.6 Å². The number of methoxy groups -OCH3 is 2. The molecule has 1 rings (SSSR count). The van der Waals surface area contributed by atoms with Crippen LogP contribution in [0.1, 0.15) is 10.4 Å². The average Bonchev–Trinajstić information content (AvgIpc) is 2.25. The normalized spacial score (nSPS) is 9.57. The number of carbonyl (C=O) groups excluding carboxylic acids is 1. The minimum absolute atomic E-state index is 0.117. The summed E-state index contributed by atoms with van der Waals surface area (Å²) in [7, 11) is 2.82. The molecule has 1 aromatic rings. The smallest absolute Gasteiger partial charge is 0.339 e. The van der Waals surface area contributed by atoms with Crippen LogP contribution in [0.5, 0.6) is 5.75 Å². The van der Waals surface area contributed by atoms with Crippen LogP contribution >= 0.6 is 0 Å². The summed E-state index contributed by atoms with van der Waals surface area (Å²) in [6.45, 7) is 0.117. The lowest BCUT2D eigenvalue weighted by Crippen LogP contribution is -2.04. The van der Waals surface area contributed by atoms with Gasteiger partial charge in [-0.1, -0.05) is 0 Å². The molecule has 0 unspecified atom stereocenters. The van der Waals surface area contributed by atoms with E-state index < -0.39 is 5.97 Å². The Kier molecular flexibility index (Phi) is 3.87. The largest absolute Gasteiger partial charge is 0.466 e. The van der Waals surface area contributed by atoms with Gasteiger partial charge in [0.15, 0.2) is 6.79 Å². The maximum absolute atomic E-state index is 11.1. The lowest BCUT2D eigenvalue weighted by molar-refractivity contribution is 0.0500. The van der Waals surface area contributed by atoms with Crippen LogP contribution in [0.25, 0.3) is 0 Å². The molecule has 1 aromatic heterocycles. The summed E-state index contributed by atoms with van der Waals surface area (Å²) in [5.41, 5.74) is 0.348. The third kappa shape index (κ3) is 2.70. The van der Waals surface area contributed by atoms with Gasteiger partial charge in [0, 0.05) is 13.3 Å². The predicted molar refractivity (Wildman–Crippen MR) is 48.1 cm³/mol. The van der Waals surface area contributed by atoms with Gasteiger partial charge >= 0.3 is 5.97 Å². The van der Waals surface area contributed by atoms with Crippen molar-refractivity contribution in [2.45, 2.75) is 0 Å². The van der Waals surface area contributed by atoms with Crippen molar-refractivity contribution in [2.24, 2.45) is 0 Å². The van der Waals surface area contributed by atoms with E-state index in [4.69, 9.17) is 9.47 Å². The second-order valence-corrected chi connectivity index (χ2v) is 2.45. The van der Waals surface area contributed by atoms with E-state index in [0.717, 1.165) is 0 Å². The summed E-state index contributed by atoms with van der Waals surface area (Å²) >= 11 is 0. The number of pyridine rings is 1. The number of hydrogen-bond donors (Lipinski definition) is 0. The maximum Gasteiger partial charge on any atom is 0.339 e. The maximum atomic E-state index is 11.1. The van der Waals surface area contributed by atoms with E-state index in [0.29, 0.717) is 11.3 Å². The second-order valence-electron chi connectivity index (χ2n) is 2.45. The highest BCUT2D eigenvalue weighted by molar-refractivity contribution is 5.89. The minimum Gasteiger partial charge on any atom is -0.466 e. The molecule has 5 nitrogen and oxygen atoms in total. The van der Waals surface area contributed by atoms with Crippen molar-refractivity contribution in [3.05, 3.63) is 24.0 Å². The van der Waals surface area contributed by atoms with E-state index in [1.165, 1.54) is 32.7 Å². The second kappa shape index (κ2) is 5.18. The van der Waals surface area contributed by atoms with Crippen molar-refractivity contribution in [1.29, 1.82) is 0 Å². The molecule has 0 aliphatic rings. The molecule has 0 N–H and O–H groups in total. The minimum atomic E-state index is -0.444. The molecule has 0 aromatic carbocycles. The van der Waals surface area contributed by atoms with Gasteiger partial charge in [-0.25, -0.2) is 4.79 Å². The first-order chi connectivity index (χ1) is 6.77. The molecule has 0 atom stereocenters. The molecule has 0 aliphatic heterocycles. The molecular formula is C9H11NO4. The van der Waals surface area contributed by atoms with Crippen molar-refractivity contribution < 1.29 is 19.0 Å². The molecule has 0 aliphatic carbocycles. The number of carbonyl (C=O) groups is 1. The van der Waals surface area contributed by atoms with Gasteiger partial charge in [0.25, 0.3) is 0 Å². The third-order valence-electron chi connectivity index (χ3n) is 1.48. The van der Waals surface area contributed by atoms with E-state index >= 15 is 0 Å². The predicted octanol–water partition coefficient (Wildman–Crippen LogP) is 0.851. The van der Waals surface area contributed by atoms with E-state index in [1.54, 1.807) is 0 Å². The Bertz CT molecular complexity index is 313. The molecule has 0 saturated heterocycles. The molecule has 0 amide bonds. The number of nitrogens with zero attached hydrogens (tertiary/aromatic N) is 1. The van der Waals surface area contributed by atoms with Gasteiger partial charge in [-0.05, 0) is 6.07 Å². The summed E-state index contributed by atoms with van der Waals surface area (Å²) in [5, 5.41) is 0. The first-order valence-electron chi connectivity index (χ1n) is 3.93. The summed E-state index contributed by atoms with van der Waals surface area (Å²) in [6, 6.07) is 1.54. The van der Waals surface area contributed by atoms with Crippen LogP contribution in [-0.4, -0.2) is 32.0 Å². The molecule has 0 spiro atoms. The van der Waals surface area contributed by atoms with Crippen molar-refractivity contribution in [1.82, 2.24) is 4.98 Å². The molecule has 0 radical (unpaired) electrons. The molecule has 1 heterocycles. The van der Waals surface area contributed by atoms with Crippen molar-refractivity contribution in [2.75, 3.05) is 21.0 Å². The van der Waals surface area contributed by atoms with Crippen molar-refractivity contribution >= 4 is 5.97 Å². The standard InChI is InChI=1S/C9H11NO4/c1-12-6-14-8-3-7(4-10-5-8)9(11)13-2/h3-5H,6H2,1-2H3. The lowest BCUT2D eigenvalue weighted by atomic mass is 10.3. The van der Waals surface area contributed by atoms with E-state index in [2.05, 4.69) is 9.72 Å². The fourth-order valence-corrected chi connectivity index (χ4v) is 0.854. The number of ether oxygens (including phenoxy) is 3. The van der Waals surface area contributed by atoms with Crippen molar-refractivity contribution in [3.63, 3.8) is 0 Å². The van der Waals surface area contributed by atoms with Crippen LogP contribution in [0.4, 0.5) is 0 Å². The van der Waals surface area contributed by atoms with Crippen LogP contribution < -0.4 is 4.74 Å². The molecule has 76 valence electrons.